The van der Waals surface area contributed by atoms with E-state index in [1.807, 2.05) is 0 Å². The van der Waals surface area contributed by atoms with Crippen LogP contribution in [0.15, 0.2) is 60.7 Å². The van der Waals surface area contributed by atoms with Gasteiger partial charge >= 0.3 is 11.9 Å². The van der Waals surface area contributed by atoms with E-state index in [2.05, 4.69) is 15.9 Å². The number of esters is 2. The van der Waals surface area contributed by atoms with Gasteiger partial charge in [-0.15, -0.1) is 0 Å². The van der Waals surface area contributed by atoms with E-state index in [0.29, 0.717) is 11.1 Å². The SMILES string of the molecule is O=C1C[C@@H](OC(=O)c2ccccc2)C(Br)[C@H](OC(=O)c2ccccc2)C1. The van der Waals surface area contributed by atoms with Crippen LogP contribution in [0.25, 0.3) is 0 Å². The number of ketones is 1. The Labute approximate surface area is 159 Å². The Morgan fingerprint density at radius 1 is 0.769 bits per heavy atom. The molecule has 0 spiro atoms. The number of halogens is 1. The Morgan fingerprint density at radius 3 is 1.54 bits per heavy atom. The number of rotatable bonds is 4. The summed E-state index contributed by atoms with van der Waals surface area (Å²) in [7, 11) is 0. The van der Waals surface area contributed by atoms with Crippen LogP contribution in [0, 0.1) is 0 Å². The summed E-state index contributed by atoms with van der Waals surface area (Å²) in [5.41, 5.74) is 0.811. The van der Waals surface area contributed by atoms with Gasteiger partial charge in [0.05, 0.1) is 16.0 Å². The average Bonchev–Trinajstić information content (AvgIpc) is 2.66. The van der Waals surface area contributed by atoms with Crippen LogP contribution in [0.5, 0.6) is 0 Å². The highest BCUT2D eigenvalue weighted by molar-refractivity contribution is 9.09. The summed E-state index contributed by atoms with van der Waals surface area (Å²) in [4.78, 5) is 36.1. The number of carbonyl (C=O) groups excluding carboxylic acids is 3. The molecule has 3 rings (SSSR count). The minimum atomic E-state index is -0.697. The van der Waals surface area contributed by atoms with Crippen molar-refractivity contribution in [3.63, 3.8) is 0 Å². The fraction of sp³-hybridized carbons (Fsp3) is 0.250. The molecular formula is C20H17BrO5. The van der Waals surface area contributed by atoms with Crippen molar-refractivity contribution in [1.82, 2.24) is 0 Å². The van der Waals surface area contributed by atoms with E-state index in [1.165, 1.54) is 0 Å². The molecule has 1 aliphatic rings. The highest BCUT2D eigenvalue weighted by atomic mass is 79.9. The van der Waals surface area contributed by atoms with Gasteiger partial charge in [-0.25, -0.2) is 9.59 Å². The average molecular weight is 417 g/mol. The highest BCUT2D eigenvalue weighted by Crippen LogP contribution is 2.29. The molecule has 0 heterocycles. The molecule has 6 heteroatoms. The van der Waals surface area contributed by atoms with Crippen molar-refractivity contribution in [2.45, 2.75) is 29.9 Å². The van der Waals surface area contributed by atoms with Gasteiger partial charge in [0.2, 0.25) is 0 Å². The maximum absolute atomic E-state index is 12.3. The summed E-state index contributed by atoms with van der Waals surface area (Å²) in [5, 5.41) is 0. The Balaban J connectivity index is 1.68. The Bertz CT molecular complexity index is 725. The number of alkyl halides is 1. The van der Waals surface area contributed by atoms with Crippen LogP contribution in [0.3, 0.4) is 0 Å². The second-order valence-electron chi connectivity index (χ2n) is 6.01. The number of benzene rings is 2. The van der Waals surface area contributed by atoms with Gasteiger partial charge in [-0.1, -0.05) is 52.3 Å². The van der Waals surface area contributed by atoms with Gasteiger partial charge in [0.15, 0.2) is 0 Å². The number of hydrogen-bond acceptors (Lipinski definition) is 5. The highest BCUT2D eigenvalue weighted by Gasteiger charge is 2.40. The topological polar surface area (TPSA) is 69.7 Å². The van der Waals surface area contributed by atoms with E-state index < -0.39 is 29.0 Å². The second-order valence-corrected chi connectivity index (χ2v) is 7.07. The van der Waals surface area contributed by atoms with Gasteiger partial charge in [0.25, 0.3) is 0 Å². The molecule has 26 heavy (non-hydrogen) atoms. The molecule has 1 aliphatic carbocycles. The molecule has 0 aromatic heterocycles. The number of carbonyl (C=O) groups is 3. The quantitative estimate of drug-likeness (QED) is 0.562. The summed E-state index contributed by atoms with van der Waals surface area (Å²) in [5.74, 6) is -1.14. The molecule has 1 fully saturated rings. The van der Waals surface area contributed by atoms with Crippen molar-refractivity contribution >= 4 is 33.7 Å². The molecule has 2 aromatic rings. The molecular weight excluding hydrogens is 400 g/mol. The van der Waals surface area contributed by atoms with Crippen LogP contribution >= 0.6 is 15.9 Å². The molecule has 134 valence electrons. The first kappa shape index (κ1) is 18.3. The zero-order chi connectivity index (χ0) is 18.5. The Kier molecular flexibility index (Phi) is 5.83. The summed E-state index contributed by atoms with van der Waals surface area (Å²) < 4.78 is 11.0. The lowest BCUT2D eigenvalue weighted by Gasteiger charge is -2.32. The lowest BCUT2D eigenvalue weighted by Crippen LogP contribution is -2.45. The van der Waals surface area contributed by atoms with Gasteiger partial charge in [0.1, 0.15) is 18.0 Å². The summed E-state index contributed by atoms with van der Waals surface area (Å²) in [6.07, 6.45) is -1.21. The number of ether oxygens (including phenoxy) is 2. The van der Waals surface area contributed by atoms with Crippen LogP contribution < -0.4 is 0 Å². The Hall–Kier alpha value is -2.47. The zero-order valence-electron chi connectivity index (χ0n) is 13.8. The summed E-state index contributed by atoms with van der Waals surface area (Å²) in [6.45, 7) is 0. The van der Waals surface area contributed by atoms with Crippen molar-refractivity contribution in [3.05, 3.63) is 71.8 Å². The van der Waals surface area contributed by atoms with Crippen molar-refractivity contribution in [1.29, 1.82) is 0 Å². The lowest BCUT2D eigenvalue weighted by molar-refractivity contribution is -0.126. The van der Waals surface area contributed by atoms with Crippen LogP contribution in [0.4, 0.5) is 0 Å². The van der Waals surface area contributed by atoms with Gasteiger partial charge in [-0.3, -0.25) is 4.79 Å². The first-order chi connectivity index (χ1) is 12.5. The maximum Gasteiger partial charge on any atom is 0.338 e. The van der Waals surface area contributed by atoms with Gasteiger partial charge < -0.3 is 9.47 Å². The van der Waals surface area contributed by atoms with E-state index in [1.54, 1.807) is 60.7 Å². The van der Waals surface area contributed by atoms with Crippen LogP contribution in [-0.2, 0) is 14.3 Å². The van der Waals surface area contributed by atoms with Crippen molar-refractivity contribution < 1.29 is 23.9 Å². The van der Waals surface area contributed by atoms with Crippen LogP contribution in [0.1, 0.15) is 33.6 Å². The molecule has 0 radical (unpaired) electrons. The molecule has 1 saturated carbocycles. The van der Waals surface area contributed by atoms with Gasteiger partial charge in [0, 0.05) is 12.8 Å². The smallest absolute Gasteiger partial charge is 0.338 e. The molecule has 0 bridgehead atoms. The first-order valence-electron chi connectivity index (χ1n) is 8.22. The molecule has 0 unspecified atom stereocenters. The van der Waals surface area contributed by atoms with E-state index in [9.17, 15) is 14.4 Å². The van der Waals surface area contributed by atoms with Crippen molar-refractivity contribution in [2.24, 2.45) is 0 Å². The fourth-order valence-electron chi connectivity index (χ4n) is 2.77. The van der Waals surface area contributed by atoms with Crippen LogP contribution in [0.2, 0.25) is 0 Å². The predicted molar refractivity (Wildman–Crippen MR) is 98.2 cm³/mol. The molecule has 0 N–H and O–H groups in total. The largest absolute Gasteiger partial charge is 0.457 e. The van der Waals surface area contributed by atoms with E-state index in [-0.39, 0.29) is 18.6 Å². The standard InChI is InChI=1S/C20H17BrO5/c21-18-16(25-19(23)13-7-3-1-4-8-13)11-15(22)12-17(18)26-20(24)14-9-5-2-6-10-14/h1-10,16-18H,11-12H2/t16-,17-/m1/s1. The van der Waals surface area contributed by atoms with E-state index in [0.717, 1.165) is 0 Å². The van der Waals surface area contributed by atoms with Gasteiger partial charge in [-0.05, 0) is 24.3 Å². The van der Waals surface area contributed by atoms with Crippen LogP contribution in [-0.4, -0.2) is 34.8 Å². The minimum Gasteiger partial charge on any atom is -0.457 e. The van der Waals surface area contributed by atoms with Crippen molar-refractivity contribution in [2.75, 3.05) is 0 Å². The third kappa shape index (κ3) is 4.38. The Morgan fingerprint density at radius 2 is 1.15 bits per heavy atom. The predicted octanol–water partition coefficient (Wildman–Crippen LogP) is 3.56. The summed E-state index contributed by atoms with van der Waals surface area (Å²) >= 11 is 3.44. The van der Waals surface area contributed by atoms with Gasteiger partial charge in [-0.2, -0.15) is 0 Å². The first-order valence-corrected chi connectivity index (χ1v) is 9.14. The second kappa shape index (κ2) is 8.27. The molecule has 0 saturated heterocycles. The third-order valence-corrected chi connectivity index (χ3v) is 5.28. The lowest BCUT2D eigenvalue weighted by atomic mass is 9.93. The molecule has 5 nitrogen and oxygen atoms in total. The number of Topliss-reactive ketones (excluding diaryl/α,β-unsaturated/α-hetero) is 1. The van der Waals surface area contributed by atoms with E-state index >= 15 is 0 Å². The molecule has 2 atom stereocenters. The normalized spacial score (nSPS) is 20.4. The molecule has 0 aliphatic heterocycles. The maximum atomic E-state index is 12.3. The third-order valence-electron chi connectivity index (χ3n) is 4.10. The molecule has 0 amide bonds. The fourth-order valence-corrected chi connectivity index (χ4v) is 3.36. The monoisotopic (exact) mass is 416 g/mol. The van der Waals surface area contributed by atoms with Crippen molar-refractivity contribution in [3.8, 4) is 0 Å². The van der Waals surface area contributed by atoms with E-state index in [4.69, 9.17) is 9.47 Å². The minimum absolute atomic E-state index is 0.0911. The molecule has 2 aromatic carbocycles. The summed E-state index contributed by atoms with van der Waals surface area (Å²) in [6, 6.07) is 17.1. The zero-order valence-corrected chi connectivity index (χ0v) is 15.4. The number of hydrogen-bond donors (Lipinski definition) is 0.